The Morgan fingerprint density at radius 1 is 1.29 bits per heavy atom. The normalized spacial score (nSPS) is 15.4. The monoisotopic (exact) mass is 497 g/mol. The zero-order chi connectivity index (χ0) is 24.9. The lowest BCUT2D eigenvalue weighted by Gasteiger charge is -2.22. The van der Waals surface area contributed by atoms with E-state index in [1.807, 2.05) is 18.2 Å². The van der Waals surface area contributed by atoms with Crippen molar-refractivity contribution in [1.82, 2.24) is 9.66 Å². The number of carboxylic acids is 1. The van der Waals surface area contributed by atoms with Crippen LogP contribution < -0.4 is 15.0 Å². The Morgan fingerprint density at radius 3 is 2.74 bits per heavy atom. The third-order valence-electron chi connectivity index (χ3n) is 6.05. The van der Waals surface area contributed by atoms with Gasteiger partial charge in [-0.15, -0.1) is 0 Å². The molecule has 2 aromatic carbocycles. The fourth-order valence-corrected chi connectivity index (χ4v) is 4.53. The summed E-state index contributed by atoms with van der Waals surface area (Å²) in [7, 11) is 0. The minimum absolute atomic E-state index is 0.146. The van der Waals surface area contributed by atoms with Gasteiger partial charge in [0.05, 0.1) is 28.7 Å². The van der Waals surface area contributed by atoms with Crippen molar-refractivity contribution < 1.29 is 19.4 Å². The van der Waals surface area contributed by atoms with Gasteiger partial charge in [0, 0.05) is 5.92 Å². The quantitative estimate of drug-likeness (QED) is 0.427. The van der Waals surface area contributed by atoms with Gasteiger partial charge in [0.2, 0.25) is 0 Å². The van der Waals surface area contributed by atoms with E-state index in [0.717, 1.165) is 25.7 Å². The predicted octanol–water partition coefficient (Wildman–Crippen LogP) is 5.23. The van der Waals surface area contributed by atoms with Crippen molar-refractivity contribution in [3.05, 3.63) is 63.2 Å². The number of hydrogen-bond acceptors (Lipinski definition) is 6. The number of para-hydroxylation sites is 1. The largest absolute Gasteiger partial charge is 0.490 e. The fraction of sp³-hybridized carbons (Fsp3) is 0.385. The van der Waals surface area contributed by atoms with Gasteiger partial charge in [0.25, 0.3) is 5.56 Å². The molecule has 1 aliphatic rings. The number of fused-ring (bicyclic) bond motifs is 1. The van der Waals surface area contributed by atoms with Crippen LogP contribution >= 0.6 is 11.6 Å². The summed E-state index contributed by atoms with van der Waals surface area (Å²) < 4.78 is 12.5. The molecule has 8 nitrogen and oxygen atoms in total. The third kappa shape index (κ3) is 5.48. The van der Waals surface area contributed by atoms with Crippen molar-refractivity contribution in [2.24, 2.45) is 5.10 Å². The maximum Gasteiger partial charge on any atom is 0.344 e. The van der Waals surface area contributed by atoms with E-state index in [1.54, 1.807) is 25.1 Å². The van der Waals surface area contributed by atoms with E-state index in [-0.39, 0.29) is 22.2 Å². The molecule has 1 heterocycles. The Bertz CT molecular complexity index is 1310. The smallest absolute Gasteiger partial charge is 0.344 e. The predicted molar refractivity (Wildman–Crippen MR) is 135 cm³/mol. The number of benzene rings is 2. The van der Waals surface area contributed by atoms with E-state index in [4.69, 9.17) is 26.1 Å². The van der Waals surface area contributed by atoms with Crippen LogP contribution in [0.4, 0.5) is 0 Å². The molecule has 35 heavy (non-hydrogen) atoms. The molecule has 0 saturated heterocycles. The number of carbonyl (C=O) groups is 1. The van der Waals surface area contributed by atoms with Crippen LogP contribution in [0.2, 0.25) is 5.02 Å². The first-order valence-electron chi connectivity index (χ1n) is 11.8. The molecular weight excluding hydrogens is 470 g/mol. The van der Waals surface area contributed by atoms with E-state index >= 15 is 0 Å². The average Bonchev–Trinajstić information content (AvgIpc) is 2.86. The molecule has 0 aliphatic heterocycles. The molecule has 1 aromatic heterocycles. The van der Waals surface area contributed by atoms with E-state index < -0.39 is 12.1 Å². The van der Waals surface area contributed by atoms with Gasteiger partial charge in [0.15, 0.2) is 17.6 Å². The Hall–Kier alpha value is -3.39. The first kappa shape index (κ1) is 24.7. The lowest BCUT2D eigenvalue weighted by molar-refractivity contribution is -0.144. The number of hydrogen-bond donors (Lipinski definition) is 1. The molecule has 1 aliphatic carbocycles. The van der Waals surface area contributed by atoms with Crippen LogP contribution in [0.25, 0.3) is 10.9 Å². The van der Waals surface area contributed by atoms with Crippen molar-refractivity contribution in [1.29, 1.82) is 0 Å². The van der Waals surface area contributed by atoms with E-state index in [9.17, 15) is 14.7 Å². The maximum atomic E-state index is 13.4. The molecule has 0 radical (unpaired) electrons. The zero-order valence-electron chi connectivity index (χ0n) is 19.7. The summed E-state index contributed by atoms with van der Waals surface area (Å²) in [6, 6.07) is 10.5. The Morgan fingerprint density at radius 2 is 2.03 bits per heavy atom. The minimum Gasteiger partial charge on any atom is -0.490 e. The molecule has 184 valence electrons. The van der Waals surface area contributed by atoms with Crippen LogP contribution in [0, 0.1) is 0 Å². The number of carboxylic acid groups (broad SMARTS) is 1. The van der Waals surface area contributed by atoms with Crippen LogP contribution in [0.3, 0.4) is 0 Å². The number of halogens is 1. The van der Waals surface area contributed by atoms with E-state index in [2.05, 4.69) is 5.10 Å². The second-order valence-electron chi connectivity index (χ2n) is 8.54. The van der Waals surface area contributed by atoms with Crippen LogP contribution in [0.15, 0.2) is 46.3 Å². The molecule has 1 saturated carbocycles. The van der Waals surface area contributed by atoms with Crippen LogP contribution in [0.1, 0.15) is 63.3 Å². The van der Waals surface area contributed by atoms with Gasteiger partial charge in [-0.1, -0.05) is 43.0 Å². The molecule has 0 unspecified atom stereocenters. The minimum atomic E-state index is -1.12. The second kappa shape index (κ2) is 10.9. The average molecular weight is 498 g/mol. The van der Waals surface area contributed by atoms with Crippen LogP contribution in [-0.4, -0.2) is 39.7 Å². The van der Waals surface area contributed by atoms with Gasteiger partial charge in [-0.25, -0.2) is 9.78 Å². The maximum absolute atomic E-state index is 13.4. The number of nitrogens with zero attached hydrogens (tertiary/aromatic N) is 3. The number of rotatable bonds is 8. The van der Waals surface area contributed by atoms with Crippen molar-refractivity contribution in [2.45, 2.75) is 58.0 Å². The summed E-state index contributed by atoms with van der Waals surface area (Å²) in [6.07, 6.45) is 5.74. The number of aromatic nitrogens is 2. The summed E-state index contributed by atoms with van der Waals surface area (Å²) in [6.45, 7) is 3.54. The zero-order valence-corrected chi connectivity index (χ0v) is 20.5. The standard InChI is InChI=1S/C26H28ClN3O5/c1-3-34-22-14-17(13-20(27)23(22)35-16(2)26(32)33)15-28-30-24(18-9-5-4-6-10-18)29-21-12-8-7-11-19(21)25(30)31/h7-8,11-16,18H,3-6,9-10H2,1-2H3,(H,32,33)/t16-/m1/s1. The van der Waals surface area contributed by atoms with Gasteiger partial charge in [-0.3, -0.25) is 4.79 Å². The van der Waals surface area contributed by atoms with Gasteiger partial charge >= 0.3 is 5.97 Å². The molecule has 1 fully saturated rings. The highest BCUT2D eigenvalue weighted by Crippen LogP contribution is 2.37. The van der Waals surface area contributed by atoms with E-state index in [0.29, 0.717) is 34.6 Å². The molecule has 0 amide bonds. The molecule has 1 atom stereocenters. The lowest BCUT2D eigenvalue weighted by atomic mass is 9.88. The fourth-order valence-electron chi connectivity index (χ4n) is 4.27. The van der Waals surface area contributed by atoms with Crippen molar-refractivity contribution >= 4 is 34.7 Å². The van der Waals surface area contributed by atoms with Gasteiger partial charge in [-0.2, -0.15) is 9.78 Å². The highest BCUT2D eigenvalue weighted by molar-refractivity contribution is 6.32. The Kier molecular flexibility index (Phi) is 7.70. The number of ether oxygens (including phenoxy) is 2. The van der Waals surface area contributed by atoms with Crippen molar-refractivity contribution in [3.63, 3.8) is 0 Å². The van der Waals surface area contributed by atoms with Gasteiger partial charge in [-0.05, 0) is 56.5 Å². The molecule has 0 spiro atoms. The number of aliphatic carboxylic acids is 1. The summed E-state index contributed by atoms with van der Waals surface area (Å²) in [4.78, 5) is 29.4. The van der Waals surface area contributed by atoms with Gasteiger partial charge in [0.1, 0.15) is 5.82 Å². The SMILES string of the molecule is CCOc1cc(C=Nn2c(C3CCCCC3)nc3ccccc3c2=O)cc(Cl)c1O[C@H](C)C(=O)O. The van der Waals surface area contributed by atoms with Crippen LogP contribution in [0.5, 0.6) is 11.5 Å². The summed E-state index contributed by atoms with van der Waals surface area (Å²) in [5.41, 5.74) is 1.02. The first-order valence-corrected chi connectivity index (χ1v) is 12.2. The highest BCUT2D eigenvalue weighted by Gasteiger charge is 2.23. The topological polar surface area (TPSA) is 103 Å². The summed E-state index contributed by atoms with van der Waals surface area (Å²) in [5.74, 6) is 0.150. The summed E-state index contributed by atoms with van der Waals surface area (Å²) in [5, 5.41) is 14.4. The second-order valence-corrected chi connectivity index (χ2v) is 8.95. The van der Waals surface area contributed by atoms with E-state index in [1.165, 1.54) is 24.2 Å². The van der Waals surface area contributed by atoms with Crippen molar-refractivity contribution in [3.8, 4) is 11.5 Å². The lowest BCUT2D eigenvalue weighted by Crippen LogP contribution is -2.25. The summed E-state index contributed by atoms with van der Waals surface area (Å²) >= 11 is 6.42. The molecule has 4 rings (SSSR count). The Labute approximate surface area is 208 Å². The molecular formula is C26H28ClN3O5. The molecule has 1 N–H and O–H groups in total. The van der Waals surface area contributed by atoms with Crippen LogP contribution in [-0.2, 0) is 4.79 Å². The van der Waals surface area contributed by atoms with Gasteiger partial charge < -0.3 is 14.6 Å². The van der Waals surface area contributed by atoms with Crippen molar-refractivity contribution in [2.75, 3.05) is 6.61 Å². The first-order chi connectivity index (χ1) is 16.9. The Balaban J connectivity index is 1.76. The third-order valence-corrected chi connectivity index (χ3v) is 6.33. The molecule has 0 bridgehead atoms. The highest BCUT2D eigenvalue weighted by atomic mass is 35.5. The molecule has 3 aromatic rings. The molecule has 9 heteroatoms.